The van der Waals surface area contributed by atoms with Crippen LogP contribution in [-0.2, 0) is 16.0 Å². The van der Waals surface area contributed by atoms with E-state index in [0.717, 1.165) is 72.7 Å². The highest BCUT2D eigenvalue weighted by Crippen LogP contribution is 2.36. The number of benzene rings is 1. The number of hydrogen-bond donors (Lipinski definition) is 1. The Morgan fingerprint density at radius 3 is 2.60 bits per heavy atom. The summed E-state index contributed by atoms with van der Waals surface area (Å²) < 4.78 is 5.61. The molecular formula is C29H32N2O3S. The Hall–Kier alpha value is -2.99. The van der Waals surface area contributed by atoms with Crippen LogP contribution in [0.15, 0.2) is 41.8 Å². The van der Waals surface area contributed by atoms with Crippen LogP contribution in [0.25, 0.3) is 22.6 Å². The van der Waals surface area contributed by atoms with Crippen molar-refractivity contribution >= 4 is 45.8 Å². The van der Waals surface area contributed by atoms with Crippen LogP contribution in [0.4, 0.5) is 0 Å². The highest BCUT2D eigenvalue weighted by atomic mass is 32.1. The van der Waals surface area contributed by atoms with E-state index < -0.39 is 5.97 Å². The molecule has 0 spiro atoms. The van der Waals surface area contributed by atoms with Gasteiger partial charge in [0, 0.05) is 16.3 Å². The summed E-state index contributed by atoms with van der Waals surface area (Å²) in [6, 6.07) is 12.0. The average molecular weight is 489 g/mol. The molecule has 0 bridgehead atoms. The maximum absolute atomic E-state index is 13.4. The summed E-state index contributed by atoms with van der Waals surface area (Å²) in [6.07, 6.45) is 12.9. The molecule has 3 aromatic rings. The third-order valence-corrected chi connectivity index (χ3v) is 7.86. The number of ether oxygens (including phenoxy) is 1. The van der Waals surface area contributed by atoms with Gasteiger partial charge in [0.15, 0.2) is 6.61 Å². The molecule has 1 saturated carbocycles. The van der Waals surface area contributed by atoms with Crippen LogP contribution < -0.4 is 5.32 Å². The first kappa shape index (κ1) is 23.7. The van der Waals surface area contributed by atoms with E-state index >= 15 is 0 Å². The van der Waals surface area contributed by atoms with Crippen molar-refractivity contribution in [2.75, 3.05) is 6.61 Å². The first-order valence-electron chi connectivity index (χ1n) is 12.8. The number of carbonyl (C=O) groups excluding carboxylic acids is 2. The summed E-state index contributed by atoms with van der Waals surface area (Å²) in [7, 11) is 0. The zero-order chi connectivity index (χ0) is 24.0. The molecule has 0 saturated heterocycles. The van der Waals surface area contributed by atoms with Crippen molar-refractivity contribution in [1.29, 1.82) is 0 Å². The van der Waals surface area contributed by atoms with Gasteiger partial charge in [-0.05, 0) is 66.8 Å². The number of para-hydroxylation sites is 1. The van der Waals surface area contributed by atoms with Crippen LogP contribution in [0.2, 0.25) is 0 Å². The molecule has 2 aromatic heterocycles. The smallest absolute Gasteiger partial charge is 0.339 e. The van der Waals surface area contributed by atoms with Crippen LogP contribution in [0, 0.1) is 0 Å². The van der Waals surface area contributed by atoms with Crippen molar-refractivity contribution in [3.8, 4) is 0 Å². The third kappa shape index (κ3) is 5.64. The summed E-state index contributed by atoms with van der Waals surface area (Å²) in [4.78, 5) is 32.2. The van der Waals surface area contributed by atoms with Gasteiger partial charge in [-0.1, -0.05) is 56.4 Å². The minimum atomic E-state index is -0.440. The lowest BCUT2D eigenvalue weighted by Gasteiger charge is -2.23. The zero-order valence-electron chi connectivity index (χ0n) is 20.1. The normalized spacial score (nSPS) is 18.0. The van der Waals surface area contributed by atoms with Crippen molar-refractivity contribution < 1.29 is 14.3 Å². The fraction of sp³-hybridized carbons (Fsp3) is 0.414. The van der Waals surface area contributed by atoms with Crippen LogP contribution in [-0.4, -0.2) is 29.5 Å². The third-order valence-electron chi connectivity index (χ3n) is 7.04. The van der Waals surface area contributed by atoms with Crippen LogP contribution in [0.1, 0.15) is 84.3 Å². The Bertz CT molecular complexity index is 1220. The Morgan fingerprint density at radius 2 is 1.80 bits per heavy atom. The molecule has 1 fully saturated rings. The zero-order valence-corrected chi connectivity index (χ0v) is 20.9. The molecule has 5 nitrogen and oxygen atoms in total. The molecule has 0 atom stereocenters. The topological polar surface area (TPSA) is 68.3 Å². The van der Waals surface area contributed by atoms with E-state index in [1.165, 1.54) is 24.1 Å². The number of allylic oxidation sites excluding steroid dienone is 1. The second-order valence-corrected chi connectivity index (χ2v) is 10.5. The summed E-state index contributed by atoms with van der Waals surface area (Å²) in [5.74, 6) is -0.653. The fourth-order valence-corrected chi connectivity index (χ4v) is 6.01. The molecule has 0 unspecified atom stereocenters. The second kappa shape index (κ2) is 11.2. The molecule has 2 aliphatic carbocycles. The van der Waals surface area contributed by atoms with E-state index in [9.17, 15) is 9.59 Å². The summed E-state index contributed by atoms with van der Waals surface area (Å²) in [5, 5.41) is 5.94. The van der Waals surface area contributed by atoms with E-state index in [4.69, 9.17) is 9.72 Å². The maximum atomic E-state index is 13.4. The molecule has 0 aliphatic heterocycles. The van der Waals surface area contributed by atoms with E-state index in [0.29, 0.717) is 5.56 Å². The van der Waals surface area contributed by atoms with Crippen molar-refractivity contribution in [3.63, 3.8) is 0 Å². The number of aromatic nitrogens is 1. The van der Waals surface area contributed by atoms with E-state index in [-0.39, 0.29) is 18.6 Å². The molecule has 182 valence electrons. The van der Waals surface area contributed by atoms with Crippen molar-refractivity contribution in [2.45, 2.75) is 70.3 Å². The van der Waals surface area contributed by atoms with Crippen LogP contribution >= 0.6 is 11.3 Å². The number of rotatable bonds is 5. The Morgan fingerprint density at radius 1 is 1.00 bits per heavy atom. The van der Waals surface area contributed by atoms with E-state index in [2.05, 4.69) is 22.8 Å². The SMILES string of the molecule is O=C(COC(=O)c1c2c(nc3ccccc13)C(=Cc1cccs1)CCC2)NC1CCCCCCC1. The molecular weight excluding hydrogens is 456 g/mol. The highest BCUT2D eigenvalue weighted by Gasteiger charge is 2.26. The number of carbonyl (C=O) groups is 2. The van der Waals surface area contributed by atoms with Gasteiger partial charge in [-0.2, -0.15) is 0 Å². The van der Waals surface area contributed by atoms with Gasteiger partial charge in [-0.25, -0.2) is 9.78 Å². The molecule has 35 heavy (non-hydrogen) atoms. The molecule has 5 rings (SSSR count). The molecule has 2 aliphatic rings. The Kier molecular flexibility index (Phi) is 7.57. The summed E-state index contributed by atoms with van der Waals surface area (Å²) in [5.41, 5.74) is 4.30. The number of pyridine rings is 1. The van der Waals surface area contributed by atoms with Gasteiger partial charge >= 0.3 is 5.97 Å². The van der Waals surface area contributed by atoms with Gasteiger partial charge < -0.3 is 10.1 Å². The Balaban J connectivity index is 1.38. The highest BCUT2D eigenvalue weighted by molar-refractivity contribution is 7.10. The van der Waals surface area contributed by atoms with E-state index in [1.54, 1.807) is 11.3 Å². The number of esters is 1. The second-order valence-electron chi connectivity index (χ2n) is 9.56. The number of nitrogens with zero attached hydrogens (tertiary/aromatic N) is 1. The van der Waals surface area contributed by atoms with Crippen LogP contribution in [0.3, 0.4) is 0 Å². The minimum Gasteiger partial charge on any atom is -0.452 e. The minimum absolute atomic E-state index is 0.181. The number of amides is 1. The average Bonchev–Trinajstić information content (AvgIpc) is 3.36. The largest absolute Gasteiger partial charge is 0.452 e. The van der Waals surface area contributed by atoms with Crippen LogP contribution in [0.5, 0.6) is 0 Å². The van der Waals surface area contributed by atoms with E-state index in [1.807, 2.05) is 30.3 Å². The van der Waals surface area contributed by atoms with Gasteiger partial charge in [0.2, 0.25) is 0 Å². The summed E-state index contributed by atoms with van der Waals surface area (Å²) >= 11 is 1.69. The molecule has 6 heteroatoms. The lowest BCUT2D eigenvalue weighted by Crippen LogP contribution is -2.38. The monoisotopic (exact) mass is 488 g/mol. The number of fused-ring (bicyclic) bond motifs is 2. The van der Waals surface area contributed by atoms with Crippen molar-refractivity contribution in [3.05, 3.63) is 63.5 Å². The standard InChI is InChI=1S/C29H32N2O3S/c32-26(30-21-11-4-2-1-3-5-12-21)19-34-29(33)27-23-14-6-7-16-25(23)31-28-20(10-8-15-24(27)28)18-22-13-9-17-35-22/h6-7,9,13-14,16-18,21H,1-5,8,10-12,15,19H2,(H,30,32). The summed E-state index contributed by atoms with van der Waals surface area (Å²) in [6.45, 7) is -0.251. The van der Waals surface area contributed by atoms with Crippen molar-refractivity contribution in [2.24, 2.45) is 0 Å². The molecule has 1 N–H and O–H groups in total. The maximum Gasteiger partial charge on any atom is 0.339 e. The molecule has 0 radical (unpaired) electrons. The number of nitrogens with one attached hydrogen (secondary N) is 1. The first-order chi connectivity index (χ1) is 17.2. The van der Waals surface area contributed by atoms with Gasteiger partial charge in [0.25, 0.3) is 5.91 Å². The first-order valence-corrected chi connectivity index (χ1v) is 13.7. The fourth-order valence-electron chi connectivity index (χ4n) is 5.33. The Labute approximate surface area is 210 Å². The lowest BCUT2D eigenvalue weighted by atomic mass is 9.86. The van der Waals surface area contributed by atoms with Gasteiger partial charge in [0.1, 0.15) is 0 Å². The molecule has 1 amide bonds. The molecule has 2 heterocycles. The van der Waals surface area contributed by atoms with Gasteiger partial charge in [-0.15, -0.1) is 11.3 Å². The van der Waals surface area contributed by atoms with Crippen molar-refractivity contribution in [1.82, 2.24) is 10.3 Å². The quantitative estimate of drug-likeness (QED) is 0.413. The number of hydrogen-bond acceptors (Lipinski definition) is 5. The number of thiophene rings is 1. The van der Waals surface area contributed by atoms with Gasteiger partial charge in [-0.3, -0.25) is 4.79 Å². The molecule has 1 aromatic carbocycles. The predicted octanol–water partition coefficient (Wildman–Crippen LogP) is 6.56. The van der Waals surface area contributed by atoms with Gasteiger partial charge in [0.05, 0.1) is 16.8 Å². The predicted molar refractivity (Wildman–Crippen MR) is 141 cm³/mol. The lowest BCUT2D eigenvalue weighted by molar-refractivity contribution is -0.125.